The summed E-state index contributed by atoms with van der Waals surface area (Å²) < 4.78 is 12.1. The lowest BCUT2D eigenvalue weighted by Gasteiger charge is -2.16. The Hall–Kier alpha value is -2.18. The zero-order valence-electron chi connectivity index (χ0n) is 18.0. The van der Waals surface area contributed by atoms with Crippen LogP contribution in [0.2, 0.25) is 0 Å². The summed E-state index contributed by atoms with van der Waals surface area (Å²) in [7, 11) is 0. The Morgan fingerprint density at radius 2 is 1.81 bits per heavy atom. The van der Waals surface area contributed by atoms with Crippen LogP contribution in [0.5, 0.6) is 0 Å². The predicted molar refractivity (Wildman–Crippen MR) is 115 cm³/mol. The fraction of sp³-hybridized carbons (Fsp3) is 0.652. The van der Waals surface area contributed by atoms with Gasteiger partial charge in [0.25, 0.3) is 0 Å². The van der Waals surface area contributed by atoms with Crippen molar-refractivity contribution in [2.75, 3.05) is 6.61 Å². The summed E-state index contributed by atoms with van der Waals surface area (Å²) in [6.45, 7) is 1.75. The first-order valence-corrected chi connectivity index (χ1v) is 11.2. The van der Waals surface area contributed by atoms with Gasteiger partial charge in [0.2, 0.25) is 5.71 Å². The number of unbranched alkanes of at least 4 members (excludes halogenated alkanes) is 8. The number of nitrogens with zero attached hydrogens (tertiary/aromatic N) is 2. The topological polar surface area (TPSA) is 118 Å². The third-order valence-electron chi connectivity index (χ3n) is 5.59. The van der Waals surface area contributed by atoms with Gasteiger partial charge in [-0.2, -0.15) is 4.98 Å². The van der Waals surface area contributed by atoms with Gasteiger partial charge in [0.05, 0.1) is 12.0 Å². The van der Waals surface area contributed by atoms with Crippen LogP contribution in [-0.2, 0) is 4.74 Å². The first-order chi connectivity index (χ1) is 15.0. The monoisotopic (exact) mass is 432 g/mol. The van der Waals surface area contributed by atoms with Crippen LogP contribution in [0.4, 0.5) is 0 Å². The summed E-state index contributed by atoms with van der Waals surface area (Å²) >= 11 is 0. The van der Waals surface area contributed by atoms with Gasteiger partial charge in [0, 0.05) is 18.7 Å². The number of aliphatic hydroxyl groups is 3. The summed E-state index contributed by atoms with van der Waals surface area (Å²) in [5.41, 5.74) is -0.528. The lowest BCUT2D eigenvalue weighted by molar-refractivity contribution is -0.0547. The molecule has 31 heavy (non-hydrogen) atoms. The Balaban J connectivity index is 1.57. The average molecular weight is 433 g/mol. The maximum absolute atomic E-state index is 12.3. The van der Waals surface area contributed by atoms with Crippen molar-refractivity contribution in [2.45, 2.75) is 89.3 Å². The zero-order chi connectivity index (χ0) is 22.2. The van der Waals surface area contributed by atoms with Crippen LogP contribution in [0, 0.1) is 11.8 Å². The zero-order valence-corrected chi connectivity index (χ0v) is 18.0. The molecule has 0 unspecified atom stereocenters. The Morgan fingerprint density at radius 3 is 2.48 bits per heavy atom. The molecule has 1 fully saturated rings. The van der Waals surface area contributed by atoms with Gasteiger partial charge in [-0.1, -0.05) is 57.8 Å². The fourth-order valence-corrected chi connectivity index (χ4v) is 3.78. The van der Waals surface area contributed by atoms with Crippen molar-refractivity contribution in [3.05, 3.63) is 28.5 Å². The molecular formula is C23H32N2O6. The number of aromatic nitrogens is 2. The van der Waals surface area contributed by atoms with Gasteiger partial charge in [0.15, 0.2) is 12.0 Å². The molecule has 2 aromatic heterocycles. The highest BCUT2D eigenvalue weighted by Gasteiger charge is 2.43. The van der Waals surface area contributed by atoms with Gasteiger partial charge in [-0.05, 0) is 12.3 Å². The number of rotatable bonds is 10. The average Bonchev–Trinajstić information content (AvgIpc) is 3.28. The van der Waals surface area contributed by atoms with E-state index in [0.29, 0.717) is 11.1 Å². The molecule has 0 spiro atoms. The summed E-state index contributed by atoms with van der Waals surface area (Å²) in [5, 5.41) is 29.8. The van der Waals surface area contributed by atoms with Gasteiger partial charge in [-0.25, -0.2) is 4.79 Å². The molecule has 2 aromatic rings. The Bertz CT molecular complexity index is 956. The minimum absolute atomic E-state index is 0.157. The molecule has 1 aliphatic rings. The predicted octanol–water partition coefficient (Wildman–Crippen LogP) is 2.48. The molecule has 0 radical (unpaired) electrons. The molecule has 0 aromatic carbocycles. The molecule has 8 nitrogen and oxygen atoms in total. The highest BCUT2D eigenvalue weighted by atomic mass is 16.6. The number of hydrogen-bond donors (Lipinski definition) is 3. The number of fused-ring (bicyclic) bond motifs is 1. The third kappa shape index (κ3) is 5.95. The van der Waals surface area contributed by atoms with E-state index in [1.807, 2.05) is 0 Å². The van der Waals surface area contributed by atoms with Gasteiger partial charge < -0.3 is 24.5 Å². The number of furan rings is 1. The molecular weight excluding hydrogens is 400 g/mol. The second-order valence-corrected chi connectivity index (χ2v) is 8.06. The standard InChI is InChI=1S/C23H32N2O6/c1-2-3-4-5-6-7-8-9-10-11-12-17-13-16-14-25(23(29)24-21(16)30-17)22-20(28)19(27)18(15-26)31-22/h13-14,18-20,22,26-28H,2-10,15H2,1H3/t18-,19-,20+,22-/m1/s1. The van der Waals surface area contributed by atoms with E-state index in [2.05, 4.69) is 23.7 Å². The minimum atomic E-state index is -1.35. The molecule has 3 rings (SSSR count). The molecule has 1 saturated heterocycles. The molecule has 3 N–H and O–H groups in total. The van der Waals surface area contributed by atoms with E-state index < -0.39 is 36.8 Å². The van der Waals surface area contributed by atoms with E-state index in [0.717, 1.165) is 17.4 Å². The molecule has 4 atom stereocenters. The van der Waals surface area contributed by atoms with Crippen molar-refractivity contribution < 1.29 is 24.5 Å². The second kappa shape index (κ2) is 11.4. The van der Waals surface area contributed by atoms with Crippen molar-refractivity contribution >= 4 is 11.1 Å². The SMILES string of the molecule is CCCCCCCCCCC#Cc1cc2cn([C@@H]3O[C@H](CO)[C@@H](O)[C@@H]3O)c(=O)nc2o1. The normalized spacial score (nSPS) is 23.2. The summed E-state index contributed by atoms with van der Waals surface area (Å²) in [5.74, 6) is 6.49. The lowest BCUT2D eigenvalue weighted by atomic mass is 10.1. The van der Waals surface area contributed by atoms with E-state index in [9.17, 15) is 20.1 Å². The molecule has 0 amide bonds. The van der Waals surface area contributed by atoms with Crippen LogP contribution in [0.3, 0.4) is 0 Å². The van der Waals surface area contributed by atoms with E-state index in [-0.39, 0.29) is 5.71 Å². The van der Waals surface area contributed by atoms with E-state index in [4.69, 9.17) is 9.15 Å². The molecule has 0 bridgehead atoms. The first kappa shape index (κ1) is 23.5. The molecule has 3 heterocycles. The summed E-state index contributed by atoms with van der Waals surface area (Å²) in [6, 6.07) is 1.68. The van der Waals surface area contributed by atoms with Crippen LogP contribution in [-0.4, -0.2) is 49.8 Å². The lowest BCUT2D eigenvalue weighted by Crippen LogP contribution is -2.35. The van der Waals surface area contributed by atoms with Crippen molar-refractivity contribution in [2.24, 2.45) is 0 Å². The van der Waals surface area contributed by atoms with Crippen molar-refractivity contribution in [3.63, 3.8) is 0 Å². The largest absolute Gasteiger partial charge is 0.429 e. The second-order valence-electron chi connectivity index (χ2n) is 8.06. The molecule has 1 aliphatic heterocycles. The fourth-order valence-electron chi connectivity index (χ4n) is 3.78. The summed E-state index contributed by atoms with van der Waals surface area (Å²) in [6.07, 6.45) is 7.49. The van der Waals surface area contributed by atoms with Crippen LogP contribution < -0.4 is 5.69 Å². The Labute approximate surface area is 181 Å². The van der Waals surface area contributed by atoms with E-state index >= 15 is 0 Å². The van der Waals surface area contributed by atoms with Crippen molar-refractivity contribution in [3.8, 4) is 11.8 Å². The minimum Gasteiger partial charge on any atom is -0.429 e. The molecule has 0 saturated carbocycles. The smallest absolute Gasteiger partial charge is 0.353 e. The molecule has 0 aliphatic carbocycles. The van der Waals surface area contributed by atoms with Crippen LogP contribution >= 0.6 is 0 Å². The van der Waals surface area contributed by atoms with Crippen molar-refractivity contribution in [1.29, 1.82) is 0 Å². The molecule has 170 valence electrons. The summed E-state index contributed by atoms with van der Waals surface area (Å²) in [4.78, 5) is 16.2. The molecule has 8 heteroatoms. The quantitative estimate of drug-likeness (QED) is 0.390. The van der Waals surface area contributed by atoms with Gasteiger partial charge in [-0.3, -0.25) is 4.57 Å². The van der Waals surface area contributed by atoms with Gasteiger partial charge in [-0.15, -0.1) is 0 Å². The maximum atomic E-state index is 12.3. The highest BCUT2D eigenvalue weighted by Crippen LogP contribution is 2.29. The van der Waals surface area contributed by atoms with Crippen LogP contribution in [0.1, 0.15) is 76.7 Å². The van der Waals surface area contributed by atoms with Crippen molar-refractivity contribution in [1.82, 2.24) is 9.55 Å². The number of ether oxygens (including phenoxy) is 1. The highest BCUT2D eigenvalue weighted by molar-refractivity contribution is 5.73. The first-order valence-electron chi connectivity index (χ1n) is 11.2. The van der Waals surface area contributed by atoms with E-state index in [1.165, 1.54) is 51.1 Å². The van der Waals surface area contributed by atoms with Gasteiger partial charge >= 0.3 is 5.69 Å². The number of hydrogen-bond acceptors (Lipinski definition) is 7. The van der Waals surface area contributed by atoms with Crippen LogP contribution in [0.25, 0.3) is 11.1 Å². The Kier molecular flexibility index (Phi) is 8.67. The Morgan fingerprint density at radius 1 is 1.10 bits per heavy atom. The van der Waals surface area contributed by atoms with Crippen LogP contribution in [0.15, 0.2) is 21.5 Å². The van der Waals surface area contributed by atoms with Gasteiger partial charge in [0.1, 0.15) is 18.3 Å². The number of aliphatic hydroxyl groups excluding tert-OH is 3. The maximum Gasteiger partial charge on any atom is 0.353 e. The third-order valence-corrected chi connectivity index (χ3v) is 5.59. The van der Waals surface area contributed by atoms with E-state index in [1.54, 1.807) is 6.07 Å².